The van der Waals surface area contributed by atoms with Crippen LogP contribution in [0.15, 0.2) is 24.4 Å². The molecule has 8 nitrogen and oxygen atoms in total. The highest BCUT2D eigenvalue weighted by atomic mass is 16.5. The van der Waals surface area contributed by atoms with Crippen LogP contribution in [0.25, 0.3) is 0 Å². The Morgan fingerprint density at radius 1 is 1.17 bits per heavy atom. The number of benzene rings is 1. The standard InChI is InChI=1S/C21H26N4O4/c1-13-23-12-15(20(22)26)16(24-13)11-14-7-9-25(10-8-14)21(27)19-17(28-2)5-4-6-18(19)29-3/h4-6,12,14H,7-11H2,1-3H3,(H2,22,26). The molecular formula is C21H26N4O4. The number of carbonyl (C=O) groups excluding carboxylic acids is 2. The number of primary amides is 1. The van der Waals surface area contributed by atoms with Crippen molar-refractivity contribution in [1.29, 1.82) is 0 Å². The molecule has 154 valence electrons. The normalized spacial score (nSPS) is 14.5. The Kier molecular flexibility index (Phi) is 6.31. The number of nitrogens with two attached hydrogens (primary N) is 1. The third-order valence-electron chi connectivity index (χ3n) is 5.28. The predicted molar refractivity (Wildman–Crippen MR) is 107 cm³/mol. The lowest BCUT2D eigenvalue weighted by atomic mass is 9.90. The molecule has 1 aromatic heterocycles. The minimum atomic E-state index is -0.518. The van der Waals surface area contributed by atoms with E-state index in [4.69, 9.17) is 15.2 Å². The number of hydrogen-bond donors (Lipinski definition) is 1. The lowest BCUT2D eigenvalue weighted by Gasteiger charge is -2.32. The second-order valence-corrected chi connectivity index (χ2v) is 7.12. The summed E-state index contributed by atoms with van der Waals surface area (Å²) in [6.45, 7) is 3.01. The second kappa shape index (κ2) is 8.89. The summed E-state index contributed by atoms with van der Waals surface area (Å²) in [5.74, 6) is 1.30. The van der Waals surface area contributed by atoms with Crippen molar-refractivity contribution in [2.45, 2.75) is 26.2 Å². The molecule has 2 amide bonds. The van der Waals surface area contributed by atoms with Crippen LogP contribution in [0.4, 0.5) is 0 Å². The van der Waals surface area contributed by atoms with Crippen LogP contribution in [-0.2, 0) is 6.42 Å². The highest BCUT2D eigenvalue weighted by molar-refractivity contribution is 5.99. The third kappa shape index (κ3) is 4.47. The first-order chi connectivity index (χ1) is 13.9. The highest BCUT2D eigenvalue weighted by Gasteiger charge is 2.28. The van der Waals surface area contributed by atoms with Crippen molar-refractivity contribution in [1.82, 2.24) is 14.9 Å². The molecular weight excluding hydrogens is 372 g/mol. The Labute approximate surface area is 170 Å². The van der Waals surface area contributed by atoms with E-state index in [-0.39, 0.29) is 5.91 Å². The summed E-state index contributed by atoms with van der Waals surface area (Å²) < 4.78 is 10.7. The number of methoxy groups -OCH3 is 2. The summed E-state index contributed by atoms with van der Waals surface area (Å²) in [5.41, 5.74) is 6.95. The van der Waals surface area contributed by atoms with E-state index in [1.54, 1.807) is 25.1 Å². The van der Waals surface area contributed by atoms with Gasteiger partial charge in [-0.25, -0.2) is 9.97 Å². The zero-order valence-corrected chi connectivity index (χ0v) is 17.0. The SMILES string of the molecule is COc1cccc(OC)c1C(=O)N1CCC(Cc2nc(C)ncc2C(N)=O)CC1. The van der Waals surface area contributed by atoms with Gasteiger partial charge in [-0.1, -0.05) is 6.07 Å². The molecule has 2 aromatic rings. The van der Waals surface area contributed by atoms with Crippen LogP contribution >= 0.6 is 0 Å². The molecule has 0 aliphatic carbocycles. The molecule has 0 unspecified atom stereocenters. The lowest BCUT2D eigenvalue weighted by molar-refractivity contribution is 0.0683. The maximum absolute atomic E-state index is 13.1. The van der Waals surface area contributed by atoms with E-state index < -0.39 is 5.91 Å². The summed E-state index contributed by atoms with van der Waals surface area (Å²) in [4.78, 5) is 35.0. The van der Waals surface area contributed by atoms with E-state index in [1.165, 1.54) is 20.4 Å². The molecule has 1 saturated heterocycles. The number of hydrogen-bond acceptors (Lipinski definition) is 6. The van der Waals surface area contributed by atoms with Gasteiger partial charge in [0.1, 0.15) is 22.9 Å². The van der Waals surface area contributed by atoms with Gasteiger partial charge in [0.15, 0.2) is 0 Å². The van der Waals surface area contributed by atoms with Gasteiger partial charge in [-0.2, -0.15) is 0 Å². The van der Waals surface area contributed by atoms with Crippen molar-refractivity contribution in [3.63, 3.8) is 0 Å². The molecule has 1 aliphatic heterocycles. The van der Waals surface area contributed by atoms with Gasteiger partial charge in [-0.3, -0.25) is 9.59 Å². The van der Waals surface area contributed by atoms with Crippen LogP contribution in [0.3, 0.4) is 0 Å². The maximum Gasteiger partial charge on any atom is 0.261 e. The first kappa shape index (κ1) is 20.6. The molecule has 0 bridgehead atoms. The molecule has 1 fully saturated rings. The van der Waals surface area contributed by atoms with Crippen LogP contribution < -0.4 is 15.2 Å². The first-order valence-electron chi connectivity index (χ1n) is 9.57. The van der Waals surface area contributed by atoms with Crippen molar-refractivity contribution in [3.8, 4) is 11.5 Å². The van der Waals surface area contributed by atoms with Crippen LogP contribution in [0.1, 0.15) is 45.1 Å². The van der Waals surface area contributed by atoms with Crippen LogP contribution in [0, 0.1) is 12.8 Å². The van der Waals surface area contributed by atoms with E-state index in [0.717, 1.165) is 12.8 Å². The monoisotopic (exact) mass is 398 g/mol. The fourth-order valence-corrected chi connectivity index (χ4v) is 3.71. The van der Waals surface area contributed by atoms with Crippen molar-refractivity contribution < 1.29 is 19.1 Å². The molecule has 0 saturated carbocycles. The van der Waals surface area contributed by atoms with Crippen molar-refractivity contribution >= 4 is 11.8 Å². The molecule has 2 N–H and O–H groups in total. The minimum absolute atomic E-state index is 0.103. The number of piperidine rings is 1. The molecule has 2 heterocycles. The number of aryl methyl sites for hydroxylation is 1. The van der Waals surface area contributed by atoms with E-state index >= 15 is 0 Å². The van der Waals surface area contributed by atoms with Crippen molar-refractivity contribution in [2.75, 3.05) is 27.3 Å². The zero-order chi connectivity index (χ0) is 21.0. The Balaban J connectivity index is 1.70. The molecule has 0 radical (unpaired) electrons. The van der Waals surface area contributed by atoms with Crippen molar-refractivity contribution in [3.05, 3.63) is 47.0 Å². The minimum Gasteiger partial charge on any atom is -0.496 e. The summed E-state index contributed by atoms with van der Waals surface area (Å²) in [7, 11) is 3.08. The Hall–Kier alpha value is -3.16. The highest BCUT2D eigenvalue weighted by Crippen LogP contribution is 2.31. The number of nitrogens with zero attached hydrogens (tertiary/aromatic N) is 3. The fraction of sp³-hybridized carbons (Fsp3) is 0.429. The predicted octanol–water partition coefficient (Wildman–Crippen LogP) is 2.00. The number of amides is 2. The van der Waals surface area contributed by atoms with Gasteiger partial charge in [-0.15, -0.1) is 0 Å². The quantitative estimate of drug-likeness (QED) is 0.797. The van der Waals surface area contributed by atoms with Gasteiger partial charge in [0.05, 0.1) is 25.5 Å². The Bertz CT molecular complexity index is 885. The number of likely N-dealkylation sites (tertiary alicyclic amines) is 1. The van der Waals surface area contributed by atoms with Crippen LogP contribution in [-0.4, -0.2) is 54.0 Å². The number of rotatable bonds is 6. The number of ether oxygens (including phenoxy) is 2. The van der Waals surface area contributed by atoms with E-state index in [1.807, 2.05) is 4.90 Å². The van der Waals surface area contributed by atoms with E-state index in [2.05, 4.69) is 9.97 Å². The smallest absolute Gasteiger partial charge is 0.261 e. The summed E-state index contributed by atoms with van der Waals surface area (Å²) in [6, 6.07) is 5.30. The second-order valence-electron chi connectivity index (χ2n) is 7.12. The van der Waals surface area contributed by atoms with Crippen molar-refractivity contribution in [2.24, 2.45) is 11.7 Å². The topological polar surface area (TPSA) is 108 Å². The molecule has 8 heteroatoms. The van der Waals surface area contributed by atoms with Gasteiger partial charge in [-0.05, 0) is 44.2 Å². The number of aromatic nitrogens is 2. The van der Waals surface area contributed by atoms with Gasteiger partial charge < -0.3 is 20.1 Å². The zero-order valence-electron chi connectivity index (χ0n) is 17.0. The van der Waals surface area contributed by atoms with Gasteiger partial charge in [0.2, 0.25) is 0 Å². The number of carbonyl (C=O) groups is 2. The largest absolute Gasteiger partial charge is 0.496 e. The van der Waals surface area contributed by atoms with Crippen LogP contribution in [0.5, 0.6) is 11.5 Å². The Morgan fingerprint density at radius 3 is 2.34 bits per heavy atom. The van der Waals surface area contributed by atoms with Gasteiger partial charge in [0.25, 0.3) is 11.8 Å². The molecule has 0 atom stereocenters. The average Bonchev–Trinajstić information content (AvgIpc) is 2.73. The summed E-state index contributed by atoms with van der Waals surface area (Å²) in [6.07, 6.45) is 3.75. The molecule has 0 spiro atoms. The maximum atomic E-state index is 13.1. The summed E-state index contributed by atoms with van der Waals surface area (Å²) in [5, 5.41) is 0. The molecule has 29 heavy (non-hydrogen) atoms. The van der Waals surface area contributed by atoms with Gasteiger partial charge in [0, 0.05) is 19.3 Å². The third-order valence-corrected chi connectivity index (χ3v) is 5.28. The summed E-state index contributed by atoms with van der Waals surface area (Å²) >= 11 is 0. The average molecular weight is 398 g/mol. The molecule has 1 aromatic carbocycles. The Morgan fingerprint density at radius 2 is 1.79 bits per heavy atom. The fourth-order valence-electron chi connectivity index (χ4n) is 3.71. The lowest BCUT2D eigenvalue weighted by Crippen LogP contribution is -2.39. The van der Waals surface area contributed by atoms with E-state index in [0.29, 0.717) is 59.6 Å². The van der Waals surface area contributed by atoms with E-state index in [9.17, 15) is 9.59 Å². The van der Waals surface area contributed by atoms with Crippen LogP contribution in [0.2, 0.25) is 0 Å². The molecule has 3 rings (SSSR count). The van der Waals surface area contributed by atoms with Gasteiger partial charge >= 0.3 is 0 Å². The molecule has 1 aliphatic rings. The first-order valence-corrected chi connectivity index (χ1v) is 9.57.